The molecule has 39 heavy (non-hydrogen) atoms. The highest BCUT2D eigenvalue weighted by atomic mass is 35.5. The number of oxime groups is 1. The van der Waals surface area contributed by atoms with Gasteiger partial charge >= 0.3 is 12.0 Å². The Morgan fingerprint density at radius 3 is 2.62 bits per heavy atom. The van der Waals surface area contributed by atoms with Crippen LogP contribution < -0.4 is 16.4 Å². The molecule has 0 saturated carbocycles. The summed E-state index contributed by atoms with van der Waals surface area (Å²) < 4.78 is 5.33. The minimum atomic E-state index is -0.834. The second-order valence-corrected chi connectivity index (χ2v) is 10.3. The molecule has 0 spiro atoms. The van der Waals surface area contributed by atoms with Crippen molar-refractivity contribution in [2.75, 3.05) is 52.2 Å². The number of carbonyl (C=O) groups is 3. The molecule has 0 aliphatic carbocycles. The van der Waals surface area contributed by atoms with E-state index < -0.39 is 18.0 Å². The number of hydrogen-bond acceptors (Lipinski definition) is 10. The molecule has 2 aromatic rings. The number of urea groups is 1. The Morgan fingerprint density at radius 1 is 1.26 bits per heavy atom. The molecule has 3 heterocycles. The first-order chi connectivity index (χ1) is 18.7. The van der Waals surface area contributed by atoms with Gasteiger partial charge in [0, 0.05) is 53.8 Å². The lowest BCUT2D eigenvalue weighted by Gasteiger charge is -2.37. The van der Waals surface area contributed by atoms with Crippen molar-refractivity contribution in [3.63, 3.8) is 0 Å². The maximum absolute atomic E-state index is 13.2. The number of benzene rings is 1. The molecule has 1 aromatic heterocycles. The van der Waals surface area contributed by atoms with Crippen LogP contribution in [0, 0.1) is 0 Å². The van der Waals surface area contributed by atoms with Crippen molar-refractivity contribution in [2.24, 2.45) is 5.16 Å². The van der Waals surface area contributed by atoms with E-state index in [1.54, 1.807) is 35.4 Å². The van der Waals surface area contributed by atoms with E-state index >= 15 is 0 Å². The van der Waals surface area contributed by atoms with Crippen LogP contribution in [-0.2, 0) is 19.2 Å². The topological polar surface area (TPSA) is 151 Å². The predicted molar refractivity (Wildman–Crippen MR) is 148 cm³/mol. The fourth-order valence-corrected chi connectivity index (χ4v) is 5.39. The molecule has 12 nitrogen and oxygen atoms in total. The number of nitrogens with one attached hydrogen (secondary N) is 2. The van der Waals surface area contributed by atoms with Crippen molar-refractivity contribution in [2.45, 2.75) is 13.0 Å². The molecule has 1 aromatic carbocycles. The Bertz CT molecular complexity index is 1320. The van der Waals surface area contributed by atoms with Crippen LogP contribution in [0.3, 0.4) is 0 Å². The Kier molecular flexibility index (Phi) is 9.28. The molecule has 2 aliphatic rings. The zero-order valence-corrected chi connectivity index (χ0v) is 23.5. The average Bonchev–Trinajstić information content (AvgIpc) is 3.33. The van der Waals surface area contributed by atoms with E-state index in [0.29, 0.717) is 58.3 Å². The SMILES string of the molecule is CCOC(=O)C1=C(CN2CCN(C(=O)/C(=N/OC)c3csc(N)n3)CC2)NC(=O)NC1c1ccc(Cl)cc1Cl. The Balaban J connectivity index is 1.53. The summed E-state index contributed by atoms with van der Waals surface area (Å²) in [6.07, 6.45) is 0. The lowest BCUT2D eigenvalue weighted by atomic mass is 9.94. The van der Waals surface area contributed by atoms with Crippen LogP contribution in [-0.4, -0.2) is 84.8 Å². The number of aromatic nitrogens is 1. The van der Waals surface area contributed by atoms with Crippen LogP contribution in [0.1, 0.15) is 24.2 Å². The van der Waals surface area contributed by atoms with Gasteiger partial charge in [-0.25, -0.2) is 14.6 Å². The van der Waals surface area contributed by atoms with Gasteiger partial charge in [0.05, 0.1) is 18.2 Å². The van der Waals surface area contributed by atoms with Crippen LogP contribution >= 0.6 is 34.5 Å². The number of halogens is 2. The van der Waals surface area contributed by atoms with Gasteiger partial charge in [-0.2, -0.15) is 0 Å². The fourth-order valence-electron chi connectivity index (χ4n) is 4.33. The number of piperazine rings is 1. The molecule has 4 rings (SSSR count). The molecule has 208 valence electrons. The van der Waals surface area contributed by atoms with Crippen molar-refractivity contribution >= 4 is 63.3 Å². The monoisotopic (exact) mass is 595 g/mol. The van der Waals surface area contributed by atoms with E-state index in [0.717, 1.165) is 0 Å². The lowest BCUT2D eigenvalue weighted by molar-refractivity contribution is -0.139. The zero-order valence-electron chi connectivity index (χ0n) is 21.2. The third-order valence-corrected chi connectivity index (χ3v) is 7.35. The summed E-state index contributed by atoms with van der Waals surface area (Å²) in [7, 11) is 1.35. The second-order valence-electron chi connectivity index (χ2n) is 8.57. The number of nitrogens with zero attached hydrogens (tertiary/aromatic N) is 4. The minimum Gasteiger partial charge on any atom is -0.463 e. The van der Waals surface area contributed by atoms with Crippen LogP contribution in [0.2, 0.25) is 10.0 Å². The third-order valence-electron chi connectivity index (χ3n) is 6.11. The Hall–Kier alpha value is -3.39. The van der Waals surface area contributed by atoms with Gasteiger partial charge in [-0.3, -0.25) is 9.69 Å². The summed E-state index contributed by atoms with van der Waals surface area (Å²) in [4.78, 5) is 51.6. The van der Waals surface area contributed by atoms with E-state index in [-0.39, 0.29) is 30.3 Å². The average molecular weight is 596 g/mol. The van der Waals surface area contributed by atoms with Crippen LogP contribution in [0.5, 0.6) is 0 Å². The molecule has 1 unspecified atom stereocenters. The van der Waals surface area contributed by atoms with Crippen molar-refractivity contribution in [3.8, 4) is 0 Å². The van der Waals surface area contributed by atoms with E-state index in [4.69, 9.17) is 38.5 Å². The van der Waals surface area contributed by atoms with Crippen molar-refractivity contribution < 1.29 is 24.0 Å². The van der Waals surface area contributed by atoms with E-state index in [1.165, 1.54) is 18.4 Å². The number of anilines is 1. The maximum Gasteiger partial charge on any atom is 0.338 e. The van der Waals surface area contributed by atoms with E-state index in [1.807, 2.05) is 4.90 Å². The van der Waals surface area contributed by atoms with Gasteiger partial charge in [-0.05, 0) is 24.6 Å². The number of thiazole rings is 1. The molecule has 1 atom stereocenters. The summed E-state index contributed by atoms with van der Waals surface area (Å²) in [5, 5.41) is 12.1. The van der Waals surface area contributed by atoms with Crippen molar-refractivity contribution in [3.05, 3.63) is 56.2 Å². The van der Waals surface area contributed by atoms with Gasteiger partial charge < -0.3 is 30.8 Å². The van der Waals surface area contributed by atoms with E-state index in [2.05, 4.69) is 20.8 Å². The second kappa shape index (κ2) is 12.6. The summed E-state index contributed by atoms with van der Waals surface area (Å²) in [5.74, 6) is -0.909. The molecular weight excluding hydrogens is 569 g/mol. The largest absolute Gasteiger partial charge is 0.463 e. The highest BCUT2D eigenvalue weighted by Crippen LogP contribution is 2.34. The number of ether oxygens (including phenoxy) is 1. The van der Waals surface area contributed by atoms with Gasteiger partial charge in [-0.1, -0.05) is 34.4 Å². The zero-order chi connectivity index (χ0) is 28.1. The smallest absolute Gasteiger partial charge is 0.338 e. The standard InChI is InChI=1S/C24H27Cl2N7O5S/c1-3-38-22(35)18-16(29-24(36)30-19(18)14-5-4-13(25)10-15(14)26)11-32-6-8-33(9-7-32)21(34)20(31-37-2)17-12-39-23(27)28-17/h4-5,10,12,19H,3,6-9,11H2,1-2H3,(H2,27,28)(H2,29,30,36)/b31-20+. The highest BCUT2D eigenvalue weighted by Gasteiger charge is 2.36. The van der Waals surface area contributed by atoms with Gasteiger partial charge in [0.2, 0.25) is 0 Å². The Morgan fingerprint density at radius 2 is 2.00 bits per heavy atom. The van der Waals surface area contributed by atoms with Gasteiger partial charge in [-0.15, -0.1) is 11.3 Å². The third kappa shape index (κ3) is 6.61. The molecule has 1 fully saturated rings. The maximum atomic E-state index is 13.2. The van der Waals surface area contributed by atoms with Crippen LogP contribution in [0.15, 0.2) is 40.0 Å². The molecule has 15 heteroatoms. The van der Waals surface area contributed by atoms with Gasteiger partial charge in [0.25, 0.3) is 5.91 Å². The molecule has 0 bridgehead atoms. The molecule has 1 saturated heterocycles. The first-order valence-electron chi connectivity index (χ1n) is 12.0. The lowest BCUT2D eigenvalue weighted by Crippen LogP contribution is -2.53. The summed E-state index contributed by atoms with van der Waals surface area (Å²) in [6, 6.07) is 3.53. The van der Waals surface area contributed by atoms with Crippen molar-refractivity contribution in [1.29, 1.82) is 0 Å². The number of rotatable bonds is 8. The van der Waals surface area contributed by atoms with Crippen LogP contribution in [0.25, 0.3) is 0 Å². The normalized spacial score (nSPS) is 18.5. The number of nitrogen functional groups attached to an aromatic ring is 1. The molecule has 2 aliphatic heterocycles. The number of nitrogens with two attached hydrogens (primary N) is 1. The molecular formula is C24H27Cl2N7O5S. The first kappa shape index (κ1) is 28.6. The Labute approximate surface area is 238 Å². The number of esters is 1. The fraction of sp³-hybridized carbons (Fsp3) is 0.375. The van der Waals surface area contributed by atoms with E-state index in [9.17, 15) is 14.4 Å². The quantitative estimate of drug-likeness (QED) is 0.239. The minimum absolute atomic E-state index is 0.0690. The molecule has 4 N–H and O–H groups in total. The predicted octanol–water partition coefficient (Wildman–Crippen LogP) is 2.40. The van der Waals surface area contributed by atoms with Gasteiger partial charge in [0.15, 0.2) is 10.8 Å². The summed E-state index contributed by atoms with van der Waals surface area (Å²) >= 11 is 13.7. The summed E-state index contributed by atoms with van der Waals surface area (Å²) in [5.41, 5.74) is 7.29. The number of carbonyl (C=O) groups excluding carboxylic acids is 3. The van der Waals surface area contributed by atoms with Gasteiger partial charge in [0.1, 0.15) is 12.8 Å². The number of hydrogen-bond donors (Lipinski definition) is 3. The summed E-state index contributed by atoms with van der Waals surface area (Å²) in [6.45, 7) is 3.80. The van der Waals surface area contributed by atoms with Crippen LogP contribution in [0.4, 0.5) is 9.93 Å². The molecule has 0 radical (unpaired) electrons. The van der Waals surface area contributed by atoms with Crippen molar-refractivity contribution in [1.82, 2.24) is 25.4 Å². The number of amides is 3. The molecule has 3 amide bonds. The first-order valence-corrected chi connectivity index (χ1v) is 13.6. The highest BCUT2D eigenvalue weighted by molar-refractivity contribution is 7.13.